The summed E-state index contributed by atoms with van der Waals surface area (Å²) in [5, 5.41) is 8.99. The van der Waals surface area contributed by atoms with Crippen LogP contribution >= 0.6 is 0 Å². The minimum atomic E-state index is -0.499. The molecule has 0 saturated heterocycles. The van der Waals surface area contributed by atoms with Crippen LogP contribution in [0.1, 0.15) is 12.5 Å². The van der Waals surface area contributed by atoms with Crippen molar-refractivity contribution < 1.29 is 9.50 Å². The molecule has 1 rings (SSSR count). The molecule has 1 heterocycles. The number of pyridine rings is 1. The van der Waals surface area contributed by atoms with Crippen molar-refractivity contribution in [2.24, 2.45) is 0 Å². The van der Waals surface area contributed by atoms with Gasteiger partial charge in [-0.1, -0.05) is 5.92 Å². The zero-order chi connectivity index (χ0) is 8.27. The Labute approximate surface area is 63.7 Å². The quantitative estimate of drug-likeness (QED) is 0.567. The number of rotatable bonds is 0. The van der Waals surface area contributed by atoms with Gasteiger partial charge >= 0.3 is 0 Å². The molecule has 11 heavy (non-hydrogen) atoms. The lowest BCUT2D eigenvalue weighted by Crippen LogP contribution is -1.83. The van der Waals surface area contributed by atoms with Crippen molar-refractivity contribution in [3.63, 3.8) is 0 Å². The van der Waals surface area contributed by atoms with E-state index in [4.69, 9.17) is 5.11 Å². The van der Waals surface area contributed by atoms with E-state index in [1.54, 1.807) is 6.92 Å². The van der Waals surface area contributed by atoms with E-state index in [-0.39, 0.29) is 11.4 Å². The van der Waals surface area contributed by atoms with E-state index in [1.165, 1.54) is 0 Å². The Morgan fingerprint density at radius 1 is 1.64 bits per heavy atom. The highest BCUT2D eigenvalue weighted by Gasteiger charge is 1.99. The highest BCUT2D eigenvalue weighted by atomic mass is 19.1. The van der Waals surface area contributed by atoms with Crippen LogP contribution in [-0.2, 0) is 0 Å². The molecule has 0 saturated carbocycles. The normalized spacial score (nSPS) is 8.55. The fourth-order valence-electron chi connectivity index (χ4n) is 0.659. The summed E-state index contributed by atoms with van der Waals surface area (Å²) in [6.45, 7) is 1.60. The Kier molecular flexibility index (Phi) is 2.07. The molecule has 0 bridgehead atoms. The SMILES string of the molecule is CC#Cc1cc(F)cnc1O. The molecular weight excluding hydrogens is 145 g/mol. The van der Waals surface area contributed by atoms with Crippen LogP contribution in [0.3, 0.4) is 0 Å². The zero-order valence-corrected chi connectivity index (χ0v) is 5.93. The third-order valence-electron chi connectivity index (χ3n) is 1.09. The molecule has 0 unspecified atom stereocenters. The van der Waals surface area contributed by atoms with Gasteiger partial charge in [-0.15, -0.1) is 5.92 Å². The van der Waals surface area contributed by atoms with Gasteiger partial charge in [0.05, 0.1) is 11.8 Å². The lowest BCUT2D eigenvalue weighted by Gasteiger charge is -1.93. The number of nitrogens with zero attached hydrogens (tertiary/aromatic N) is 1. The molecule has 0 radical (unpaired) electrons. The minimum Gasteiger partial charge on any atom is -0.492 e. The van der Waals surface area contributed by atoms with Crippen LogP contribution < -0.4 is 0 Å². The molecule has 0 amide bonds. The first-order chi connectivity index (χ1) is 5.24. The number of aromatic nitrogens is 1. The Balaban J connectivity index is 3.19. The van der Waals surface area contributed by atoms with Gasteiger partial charge in [-0.05, 0) is 13.0 Å². The summed E-state index contributed by atoms with van der Waals surface area (Å²) in [7, 11) is 0. The molecule has 0 aromatic carbocycles. The maximum Gasteiger partial charge on any atom is 0.227 e. The van der Waals surface area contributed by atoms with Gasteiger partial charge in [0.2, 0.25) is 5.88 Å². The maximum absolute atomic E-state index is 12.4. The lowest BCUT2D eigenvalue weighted by atomic mass is 10.3. The van der Waals surface area contributed by atoms with Crippen LogP contribution in [0.4, 0.5) is 4.39 Å². The van der Waals surface area contributed by atoms with Crippen LogP contribution in [0.5, 0.6) is 5.88 Å². The summed E-state index contributed by atoms with van der Waals surface area (Å²) in [6, 6.07) is 1.14. The van der Waals surface area contributed by atoms with Crippen molar-refractivity contribution >= 4 is 0 Å². The van der Waals surface area contributed by atoms with Gasteiger partial charge in [-0.2, -0.15) is 0 Å². The van der Waals surface area contributed by atoms with Gasteiger partial charge in [-0.3, -0.25) is 0 Å². The van der Waals surface area contributed by atoms with E-state index in [9.17, 15) is 4.39 Å². The summed E-state index contributed by atoms with van der Waals surface area (Å²) in [4.78, 5) is 3.38. The summed E-state index contributed by atoms with van der Waals surface area (Å²) in [6.07, 6.45) is 0.941. The predicted octanol–water partition coefficient (Wildman–Crippen LogP) is 1.30. The van der Waals surface area contributed by atoms with Gasteiger partial charge in [-0.25, -0.2) is 9.37 Å². The number of aromatic hydroxyl groups is 1. The van der Waals surface area contributed by atoms with Crippen molar-refractivity contribution in [3.05, 3.63) is 23.6 Å². The average Bonchev–Trinajstić information content (AvgIpc) is 1.98. The summed E-state index contributed by atoms with van der Waals surface area (Å²) >= 11 is 0. The topological polar surface area (TPSA) is 33.1 Å². The fraction of sp³-hybridized carbons (Fsp3) is 0.125. The third-order valence-corrected chi connectivity index (χ3v) is 1.09. The summed E-state index contributed by atoms with van der Waals surface area (Å²) in [5.41, 5.74) is 0.215. The molecule has 0 spiro atoms. The molecule has 0 aliphatic rings. The van der Waals surface area contributed by atoms with E-state index >= 15 is 0 Å². The molecule has 1 N–H and O–H groups in total. The Hall–Kier alpha value is -1.56. The third kappa shape index (κ3) is 1.68. The van der Waals surface area contributed by atoms with Crippen LogP contribution in [0.25, 0.3) is 0 Å². The molecule has 56 valence electrons. The smallest absolute Gasteiger partial charge is 0.227 e. The minimum absolute atomic E-state index is 0.215. The molecule has 0 fully saturated rings. The fourth-order valence-corrected chi connectivity index (χ4v) is 0.659. The van der Waals surface area contributed by atoms with Crippen LogP contribution in [0.2, 0.25) is 0 Å². The van der Waals surface area contributed by atoms with E-state index in [0.29, 0.717) is 0 Å². The van der Waals surface area contributed by atoms with E-state index < -0.39 is 5.82 Å². The largest absolute Gasteiger partial charge is 0.492 e. The zero-order valence-electron chi connectivity index (χ0n) is 5.93. The number of halogens is 1. The average molecular weight is 151 g/mol. The summed E-state index contributed by atoms with van der Waals surface area (Å²) in [5.74, 6) is 4.31. The molecule has 0 aliphatic heterocycles. The second-order valence-electron chi connectivity index (χ2n) is 1.90. The first kappa shape index (κ1) is 7.55. The second-order valence-corrected chi connectivity index (χ2v) is 1.90. The van der Waals surface area contributed by atoms with Crippen LogP contribution in [0, 0.1) is 17.7 Å². The van der Waals surface area contributed by atoms with E-state index in [1.807, 2.05) is 0 Å². The molecule has 2 nitrogen and oxygen atoms in total. The standard InChI is InChI=1S/C8H6FNO/c1-2-3-6-4-7(9)5-10-8(6)11/h4-5H,1H3,(H,10,11). The van der Waals surface area contributed by atoms with E-state index in [2.05, 4.69) is 16.8 Å². The number of hydrogen-bond acceptors (Lipinski definition) is 2. The molecule has 0 atom stereocenters. The van der Waals surface area contributed by atoms with Gasteiger partial charge in [0.25, 0.3) is 0 Å². The monoisotopic (exact) mass is 151 g/mol. The highest BCUT2D eigenvalue weighted by Crippen LogP contribution is 2.11. The van der Waals surface area contributed by atoms with Gasteiger partial charge < -0.3 is 5.11 Å². The van der Waals surface area contributed by atoms with Crippen molar-refractivity contribution in [3.8, 4) is 17.7 Å². The van der Waals surface area contributed by atoms with Crippen molar-refractivity contribution in [1.29, 1.82) is 0 Å². The van der Waals surface area contributed by atoms with Crippen LogP contribution in [-0.4, -0.2) is 10.1 Å². The molecule has 1 aromatic heterocycles. The van der Waals surface area contributed by atoms with Crippen molar-refractivity contribution in [1.82, 2.24) is 4.98 Å². The predicted molar refractivity (Wildman–Crippen MR) is 38.4 cm³/mol. The van der Waals surface area contributed by atoms with E-state index in [0.717, 1.165) is 12.3 Å². The van der Waals surface area contributed by atoms with Gasteiger partial charge in [0, 0.05) is 0 Å². The van der Waals surface area contributed by atoms with Crippen molar-refractivity contribution in [2.75, 3.05) is 0 Å². The van der Waals surface area contributed by atoms with Crippen LogP contribution in [0.15, 0.2) is 12.3 Å². The highest BCUT2D eigenvalue weighted by molar-refractivity contribution is 5.40. The van der Waals surface area contributed by atoms with Crippen molar-refractivity contribution in [2.45, 2.75) is 6.92 Å². The first-order valence-electron chi connectivity index (χ1n) is 3.01. The molecular formula is C8H6FNO. The second kappa shape index (κ2) is 3.02. The molecule has 1 aromatic rings. The Morgan fingerprint density at radius 2 is 2.36 bits per heavy atom. The Bertz CT molecular complexity index is 325. The lowest BCUT2D eigenvalue weighted by molar-refractivity contribution is 0.448. The maximum atomic E-state index is 12.4. The Morgan fingerprint density at radius 3 is 3.00 bits per heavy atom. The molecule has 0 aliphatic carbocycles. The first-order valence-corrected chi connectivity index (χ1v) is 3.01. The molecule has 3 heteroatoms. The van der Waals surface area contributed by atoms with Gasteiger partial charge in [0.15, 0.2) is 0 Å². The number of hydrogen-bond donors (Lipinski definition) is 1. The summed E-state index contributed by atoms with van der Waals surface area (Å²) < 4.78 is 12.4. The van der Waals surface area contributed by atoms with Gasteiger partial charge in [0.1, 0.15) is 5.82 Å².